The number of fused-ring (bicyclic) bond motifs is 1. The van der Waals surface area contributed by atoms with Gasteiger partial charge in [-0.1, -0.05) is 78.3 Å². The second-order valence-electron chi connectivity index (χ2n) is 8.64. The highest BCUT2D eigenvalue weighted by Gasteiger charge is 2.40. The number of aryl methyl sites for hydroxylation is 1. The van der Waals surface area contributed by atoms with Gasteiger partial charge in [-0.15, -0.1) is 0 Å². The maximum Gasteiger partial charge on any atom is 0.229 e. The van der Waals surface area contributed by atoms with Crippen LogP contribution in [-0.2, 0) is 0 Å². The number of allylic oxidation sites excluding steroid dienone is 1. The largest absolute Gasteiger partial charge is 0.422 e. The Morgan fingerprint density at radius 2 is 1.41 bits per heavy atom. The van der Waals surface area contributed by atoms with E-state index in [1.54, 1.807) is 9.36 Å². The van der Waals surface area contributed by atoms with Crippen molar-refractivity contribution in [2.24, 2.45) is 5.73 Å². The highest BCUT2D eigenvalue weighted by molar-refractivity contribution is 6.31. The second kappa shape index (κ2) is 9.01. The van der Waals surface area contributed by atoms with Crippen LogP contribution in [0.5, 0.6) is 5.88 Å². The molecule has 1 aliphatic heterocycles. The Hall–Kier alpha value is -4.80. The van der Waals surface area contributed by atoms with Crippen LogP contribution < -0.4 is 10.5 Å². The molecule has 5 aromatic rings. The number of nitriles is 1. The molecule has 1 atom stereocenters. The zero-order valence-corrected chi connectivity index (χ0v) is 20.6. The summed E-state index contributed by atoms with van der Waals surface area (Å²) in [6.07, 6.45) is 0. The van der Waals surface area contributed by atoms with Gasteiger partial charge in [-0.3, -0.25) is 0 Å². The number of nitrogens with zero attached hydrogens (tertiary/aromatic N) is 5. The van der Waals surface area contributed by atoms with Crippen molar-refractivity contribution in [3.05, 3.63) is 124 Å². The van der Waals surface area contributed by atoms with Gasteiger partial charge in [0.2, 0.25) is 11.8 Å². The first-order valence-corrected chi connectivity index (χ1v) is 12.1. The van der Waals surface area contributed by atoms with E-state index in [4.69, 9.17) is 32.3 Å². The first-order chi connectivity index (χ1) is 18.1. The van der Waals surface area contributed by atoms with Gasteiger partial charge in [0.05, 0.1) is 34.2 Å². The van der Waals surface area contributed by atoms with Crippen LogP contribution in [0, 0.1) is 18.3 Å². The first-order valence-electron chi connectivity index (χ1n) is 11.7. The van der Waals surface area contributed by atoms with Crippen LogP contribution in [-0.4, -0.2) is 19.6 Å². The SMILES string of the molecule is Cc1nn(-c2ccccc2)c2c1C(c1c(-c3ccccc3)nn(-c3ccccc3)c1Cl)C(C#N)=C(N)O2. The lowest BCUT2D eigenvalue weighted by molar-refractivity contribution is 0.367. The maximum atomic E-state index is 10.2. The molecule has 0 saturated carbocycles. The number of nitrogens with two attached hydrogens (primary N) is 1. The molecule has 2 aromatic heterocycles. The van der Waals surface area contributed by atoms with Gasteiger partial charge in [0, 0.05) is 11.1 Å². The number of hydrogen-bond donors (Lipinski definition) is 1. The molecule has 0 spiro atoms. The van der Waals surface area contributed by atoms with Gasteiger partial charge < -0.3 is 10.5 Å². The van der Waals surface area contributed by atoms with Crippen LogP contribution in [0.3, 0.4) is 0 Å². The van der Waals surface area contributed by atoms with Crippen molar-refractivity contribution in [2.75, 3.05) is 0 Å². The Morgan fingerprint density at radius 1 is 0.838 bits per heavy atom. The van der Waals surface area contributed by atoms with E-state index in [9.17, 15) is 5.26 Å². The van der Waals surface area contributed by atoms with Crippen LogP contribution in [0.15, 0.2) is 102 Å². The summed E-state index contributed by atoms with van der Waals surface area (Å²) in [5.41, 5.74) is 11.8. The molecule has 3 heterocycles. The Morgan fingerprint density at radius 3 is 2.00 bits per heavy atom. The zero-order chi connectivity index (χ0) is 25.5. The summed E-state index contributed by atoms with van der Waals surface area (Å²) in [7, 11) is 0. The first kappa shape index (κ1) is 22.7. The monoisotopic (exact) mass is 504 g/mol. The van der Waals surface area contributed by atoms with Gasteiger partial charge in [0.1, 0.15) is 16.8 Å². The number of rotatable bonds is 4. The third kappa shape index (κ3) is 3.66. The van der Waals surface area contributed by atoms with E-state index in [0.717, 1.165) is 22.5 Å². The quantitative estimate of drug-likeness (QED) is 0.328. The van der Waals surface area contributed by atoms with Gasteiger partial charge in [0.25, 0.3) is 0 Å². The topological polar surface area (TPSA) is 94.7 Å². The van der Waals surface area contributed by atoms with Crippen molar-refractivity contribution < 1.29 is 4.74 Å². The van der Waals surface area contributed by atoms with Crippen molar-refractivity contribution in [3.8, 4) is 34.6 Å². The lowest BCUT2D eigenvalue weighted by atomic mass is 9.83. The van der Waals surface area contributed by atoms with Crippen molar-refractivity contribution in [3.63, 3.8) is 0 Å². The second-order valence-corrected chi connectivity index (χ2v) is 9.00. The summed E-state index contributed by atoms with van der Waals surface area (Å²) in [5.74, 6) is -0.168. The number of aromatic nitrogens is 4. The molecule has 6 rings (SSSR count). The zero-order valence-electron chi connectivity index (χ0n) is 19.8. The lowest BCUT2D eigenvalue weighted by Gasteiger charge is -2.25. The fourth-order valence-corrected chi connectivity index (χ4v) is 5.10. The molecule has 2 N–H and O–H groups in total. The minimum absolute atomic E-state index is 0.0135. The van der Waals surface area contributed by atoms with E-state index in [-0.39, 0.29) is 11.5 Å². The van der Waals surface area contributed by atoms with E-state index in [1.165, 1.54) is 0 Å². The maximum absolute atomic E-state index is 10.2. The Bertz CT molecular complexity index is 1680. The van der Waals surface area contributed by atoms with Gasteiger partial charge in [-0.25, -0.2) is 9.36 Å². The molecule has 0 saturated heterocycles. The van der Waals surface area contributed by atoms with E-state index in [0.29, 0.717) is 28.0 Å². The third-order valence-corrected chi connectivity index (χ3v) is 6.80. The molecule has 0 amide bonds. The molecular weight excluding hydrogens is 484 g/mol. The Kier molecular flexibility index (Phi) is 5.52. The van der Waals surface area contributed by atoms with Crippen molar-refractivity contribution in [1.82, 2.24) is 19.6 Å². The van der Waals surface area contributed by atoms with Crippen LogP contribution in [0.1, 0.15) is 22.7 Å². The van der Waals surface area contributed by atoms with Crippen molar-refractivity contribution >= 4 is 11.6 Å². The molecule has 7 nitrogen and oxygen atoms in total. The normalized spacial score (nSPS) is 14.7. The van der Waals surface area contributed by atoms with Gasteiger partial charge in [0.15, 0.2) is 0 Å². The van der Waals surface area contributed by atoms with Crippen LogP contribution in [0.25, 0.3) is 22.6 Å². The van der Waals surface area contributed by atoms with E-state index < -0.39 is 5.92 Å². The predicted molar refractivity (Wildman–Crippen MR) is 142 cm³/mol. The molecule has 180 valence electrons. The fourth-order valence-electron chi connectivity index (χ4n) is 4.76. The van der Waals surface area contributed by atoms with Gasteiger partial charge in [-0.2, -0.15) is 15.5 Å². The van der Waals surface area contributed by atoms with E-state index in [2.05, 4.69) is 6.07 Å². The predicted octanol–water partition coefficient (Wildman–Crippen LogP) is 5.91. The van der Waals surface area contributed by atoms with Crippen molar-refractivity contribution in [1.29, 1.82) is 5.26 Å². The highest BCUT2D eigenvalue weighted by atomic mass is 35.5. The number of hydrogen-bond acceptors (Lipinski definition) is 5. The van der Waals surface area contributed by atoms with E-state index in [1.807, 2.05) is 97.9 Å². The summed E-state index contributed by atoms with van der Waals surface area (Å²) in [6, 6.07) is 31.3. The number of ether oxygens (including phenoxy) is 1. The smallest absolute Gasteiger partial charge is 0.229 e. The minimum Gasteiger partial charge on any atom is -0.422 e. The minimum atomic E-state index is -0.633. The highest BCUT2D eigenvalue weighted by Crippen LogP contribution is 2.49. The molecule has 1 unspecified atom stereocenters. The molecule has 0 radical (unpaired) electrons. The molecule has 0 bridgehead atoms. The molecular formula is C29H21ClN6O. The standard InChI is InChI=1S/C29H21ClN6O/c1-18-23-24(22(17-31)28(32)37-29(23)36(33-18)21-15-9-4-10-16-21)25-26(19-11-5-2-6-12-19)34-35(27(25)30)20-13-7-3-8-14-20/h2-16,24H,32H2,1H3. The van der Waals surface area contributed by atoms with Gasteiger partial charge in [-0.05, 0) is 31.2 Å². The molecule has 37 heavy (non-hydrogen) atoms. The number of halogens is 1. The molecule has 3 aromatic carbocycles. The Balaban J connectivity index is 1.66. The van der Waals surface area contributed by atoms with Gasteiger partial charge >= 0.3 is 0 Å². The molecule has 0 fully saturated rings. The summed E-state index contributed by atoms with van der Waals surface area (Å²) in [6.45, 7) is 1.89. The summed E-state index contributed by atoms with van der Waals surface area (Å²) in [4.78, 5) is 0. The molecule has 8 heteroatoms. The average Bonchev–Trinajstić information content (AvgIpc) is 3.46. The van der Waals surface area contributed by atoms with Crippen molar-refractivity contribution in [2.45, 2.75) is 12.8 Å². The van der Waals surface area contributed by atoms with Crippen LogP contribution in [0.2, 0.25) is 5.15 Å². The summed E-state index contributed by atoms with van der Waals surface area (Å²) < 4.78 is 9.43. The summed E-state index contributed by atoms with van der Waals surface area (Å²) in [5, 5.41) is 20.3. The Labute approximate surface area is 218 Å². The number of para-hydroxylation sites is 2. The number of benzene rings is 3. The van der Waals surface area contributed by atoms with Crippen LogP contribution in [0.4, 0.5) is 0 Å². The summed E-state index contributed by atoms with van der Waals surface area (Å²) >= 11 is 7.12. The fraction of sp³-hybridized carbons (Fsp3) is 0.0690. The third-order valence-electron chi connectivity index (χ3n) is 6.43. The molecule has 0 aliphatic carbocycles. The van der Waals surface area contributed by atoms with Crippen LogP contribution >= 0.6 is 11.6 Å². The lowest BCUT2D eigenvalue weighted by Crippen LogP contribution is -2.22. The van der Waals surface area contributed by atoms with E-state index >= 15 is 0 Å². The molecule has 1 aliphatic rings. The average molecular weight is 505 g/mol.